The number of nitrogens with one attached hydrogen (secondary N) is 1. The van der Waals surface area contributed by atoms with Crippen molar-refractivity contribution in [2.75, 3.05) is 64.9 Å². The SMILES string of the molecule is C[C@@H]1CN([C@H](C)CO)C(=O)Cc2cc(NC(=O)CCN3CCOCC3)ccc2O[C@@H]1CN(C)Cc1ccc(Cl)c(Cl)c1. The molecule has 2 N–H and O–H groups in total. The standard InChI is InChI=1S/C31H42Cl2N4O5/c1-21-17-37(22(2)20-38)31(40)16-24-15-25(34-30(39)8-9-36-10-12-41-13-11-36)5-7-28(24)42-29(21)19-35(3)18-23-4-6-26(32)27(33)14-23/h4-7,14-15,21-22,29,38H,8-13,16-20H2,1-3H3,(H,34,39)/t21-,22-,29-/m1/s1. The van der Waals surface area contributed by atoms with Gasteiger partial charge in [0.2, 0.25) is 11.8 Å². The molecule has 4 rings (SSSR count). The fraction of sp³-hybridized carbons (Fsp3) is 0.548. The normalized spacial score (nSPS) is 20.7. The molecule has 2 aliphatic rings. The van der Waals surface area contributed by atoms with Crippen LogP contribution in [0.2, 0.25) is 10.0 Å². The number of hydrogen-bond acceptors (Lipinski definition) is 7. The van der Waals surface area contributed by atoms with Crippen molar-refractivity contribution in [2.24, 2.45) is 5.92 Å². The van der Waals surface area contributed by atoms with Crippen LogP contribution in [0.5, 0.6) is 5.75 Å². The van der Waals surface area contributed by atoms with Gasteiger partial charge in [-0.05, 0) is 49.9 Å². The molecule has 0 radical (unpaired) electrons. The fourth-order valence-corrected chi connectivity index (χ4v) is 5.68. The Labute approximate surface area is 258 Å². The topological polar surface area (TPSA) is 94.6 Å². The summed E-state index contributed by atoms with van der Waals surface area (Å²) in [6.45, 7) is 9.18. The summed E-state index contributed by atoms with van der Waals surface area (Å²) in [6, 6.07) is 10.8. The van der Waals surface area contributed by atoms with Gasteiger partial charge in [-0.15, -0.1) is 0 Å². The number of hydrogen-bond donors (Lipinski definition) is 2. The molecule has 0 aromatic heterocycles. The van der Waals surface area contributed by atoms with E-state index in [2.05, 4.69) is 22.0 Å². The summed E-state index contributed by atoms with van der Waals surface area (Å²) in [5, 5.41) is 13.9. The van der Waals surface area contributed by atoms with E-state index in [0.717, 1.165) is 18.7 Å². The molecule has 0 saturated carbocycles. The minimum absolute atomic E-state index is 0.0234. The molecule has 230 valence electrons. The van der Waals surface area contributed by atoms with Crippen LogP contribution in [0.4, 0.5) is 5.69 Å². The molecule has 2 aromatic carbocycles. The van der Waals surface area contributed by atoms with Crippen LogP contribution < -0.4 is 10.1 Å². The Morgan fingerprint density at radius 2 is 1.93 bits per heavy atom. The van der Waals surface area contributed by atoms with Crippen LogP contribution in [0.1, 0.15) is 31.4 Å². The number of anilines is 1. The molecule has 0 unspecified atom stereocenters. The van der Waals surface area contributed by atoms with Crippen molar-refractivity contribution in [3.8, 4) is 5.75 Å². The van der Waals surface area contributed by atoms with Crippen LogP contribution in [0, 0.1) is 5.92 Å². The Balaban J connectivity index is 1.50. The highest BCUT2D eigenvalue weighted by Crippen LogP contribution is 2.30. The zero-order valence-corrected chi connectivity index (χ0v) is 26.2. The number of amides is 2. The summed E-state index contributed by atoms with van der Waals surface area (Å²) in [7, 11) is 2.01. The molecule has 0 aliphatic carbocycles. The molecule has 2 aromatic rings. The van der Waals surface area contributed by atoms with Crippen molar-refractivity contribution in [3.05, 3.63) is 57.6 Å². The van der Waals surface area contributed by atoms with Gasteiger partial charge in [0.15, 0.2) is 0 Å². The van der Waals surface area contributed by atoms with Crippen LogP contribution in [-0.4, -0.2) is 103 Å². The second kappa shape index (κ2) is 15.4. The molecular weight excluding hydrogens is 579 g/mol. The van der Waals surface area contributed by atoms with Crippen molar-refractivity contribution in [2.45, 2.75) is 45.4 Å². The van der Waals surface area contributed by atoms with Gasteiger partial charge in [-0.2, -0.15) is 0 Å². The first kappa shape index (κ1) is 32.5. The summed E-state index contributed by atoms with van der Waals surface area (Å²) in [6.07, 6.45) is 0.235. The summed E-state index contributed by atoms with van der Waals surface area (Å²) in [5.41, 5.74) is 2.36. The van der Waals surface area contributed by atoms with Gasteiger partial charge in [0, 0.05) is 62.9 Å². The third-order valence-electron chi connectivity index (χ3n) is 7.89. The van der Waals surface area contributed by atoms with Gasteiger partial charge in [0.25, 0.3) is 0 Å². The Bertz CT molecular complexity index is 1230. The highest BCUT2D eigenvalue weighted by Gasteiger charge is 2.31. The van der Waals surface area contributed by atoms with E-state index in [1.54, 1.807) is 11.0 Å². The number of rotatable bonds is 10. The maximum atomic E-state index is 13.5. The van der Waals surface area contributed by atoms with Crippen LogP contribution in [-0.2, 0) is 27.3 Å². The number of aliphatic hydroxyl groups excluding tert-OH is 1. The van der Waals surface area contributed by atoms with Crippen LogP contribution >= 0.6 is 23.2 Å². The number of likely N-dealkylation sites (N-methyl/N-ethyl adjacent to an activating group) is 1. The maximum Gasteiger partial charge on any atom is 0.227 e. The Hall–Kier alpha value is -2.40. The molecule has 2 amide bonds. The zero-order valence-electron chi connectivity index (χ0n) is 24.7. The lowest BCUT2D eigenvalue weighted by Gasteiger charge is -2.34. The molecule has 2 aliphatic heterocycles. The lowest BCUT2D eigenvalue weighted by Crippen LogP contribution is -2.47. The number of carbonyl (C=O) groups is 2. The summed E-state index contributed by atoms with van der Waals surface area (Å²) in [5.74, 6) is 0.425. The quantitative estimate of drug-likeness (QED) is 0.415. The third-order valence-corrected chi connectivity index (χ3v) is 8.63. The predicted octanol–water partition coefficient (Wildman–Crippen LogP) is 3.94. The van der Waals surface area contributed by atoms with Crippen LogP contribution in [0.15, 0.2) is 36.4 Å². The van der Waals surface area contributed by atoms with E-state index in [1.165, 1.54) is 0 Å². The first-order chi connectivity index (χ1) is 20.1. The Morgan fingerprint density at radius 1 is 1.17 bits per heavy atom. The largest absolute Gasteiger partial charge is 0.488 e. The number of nitrogens with zero attached hydrogens (tertiary/aromatic N) is 3. The van der Waals surface area contributed by atoms with E-state index in [0.29, 0.717) is 72.9 Å². The molecule has 42 heavy (non-hydrogen) atoms. The van der Waals surface area contributed by atoms with Gasteiger partial charge in [0.05, 0.1) is 42.3 Å². The molecule has 9 nitrogen and oxygen atoms in total. The van der Waals surface area contributed by atoms with E-state index in [4.69, 9.17) is 32.7 Å². The average molecular weight is 622 g/mol. The molecule has 11 heteroatoms. The molecule has 2 heterocycles. The van der Waals surface area contributed by atoms with E-state index in [-0.39, 0.29) is 42.9 Å². The molecular formula is C31H42Cl2N4O5. The summed E-state index contributed by atoms with van der Waals surface area (Å²) < 4.78 is 12.0. The second-order valence-corrected chi connectivity index (χ2v) is 12.2. The highest BCUT2D eigenvalue weighted by molar-refractivity contribution is 6.42. The number of halogens is 2. The van der Waals surface area contributed by atoms with Gasteiger partial charge in [-0.3, -0.25) is 19.4 Å². The van der Waals surface area contributed by atoms with Crippen molar-refractivity contribution in [3.63, 3.8) is 0 Å². The van der Waals surface area contributed by atoms with Crippen LogP contribution in [0.3, 0.4) is 0 Å². The van der Waals surface area contributed by atoms with Gasteiger partial charge >= 0.3 is 0 Å². The van der Waals surface area contributed by atoms with Crippen molar-refractivity contribution >= 4 is 40.7 Å². The number of fused-ring (bicyclic) bond motifs is 1. The van der Waals surface area contributed by atoms with Gasteiger partial charge < -0.3 is 24.8 Å². The first-order valence-corrected chi connectivity index (χ1v) is 15.3. The first-order valence-electron chi connectivity index (χ1n) is 14.5. The lowest BCUT2D eigenvalue weighted by molar-refractivity contribution is -0.134. The number of carbonyl (C=O) groups excluding carboxylic acids is 2. The number of ether oxygens (including phenoxy) is 2. The second-order valence-electron chi connectivity index (χ2n) is 11.4. The minimum atomic E-state index is -0.334. The zero-order chi connectivity index (χ0) is 30.2. The molecule has 1 saturated heterocycles. The monoisotopic (exact) mass is 620 g/mol. The van der Waals surface area contributed by atoms with Gasteiger partial charge in [-0.25, -0.2) is 0 Å². The predicted molar refractivity (Wildman–Crippen MR) is 165 cm³/mol. The van der Waals surface area contributed by atoms with Gasteiger partial charge in [0.1, 0.15) is 11.9 Å². The number of aliphatic hydroxyl groups is 1. The van der Waals surface area contributed by atoms with Crippen LogP contribution in [0.25, 0.3) is 0 Å². The lowest BCUT2D eigenvalue weighted by atomic mass is 10.0. The summed E-state index contributed by atoms with van der Waals surface area (Å²) in [4.78, 5) is 32.3. The van der Waals surface area contributed by atoms with Gasteiger partial charge in [-0.1, -0.05) is 36.2 Å². The average Bonchev–Trinajstić information content (AvgIpc) is 3.01. The van der Waals surface area contributed by atoms with Crippen molar-refractivity contribution in [1.82, 2.24) is 14.7 Å². The van der Waals surface area contributed by atoms with E-state index in [9.17, 15) is 14.7 Å². The maximum absolute atomic E-state index is 13.5. The molecule has 0 bridgehead atoms. The number of benzene rings is 2. The smallest absolute Gasteiger partial charge is 0.227 e. The summed E-state index contributed by atoms with van der Waals surface area (Å²) >= 11 is 12.3. The van der Waals surface area contributed by atoms with Crippen molar-refractivity contribution < 1.29 is 24.2 Å². The molecule has 3 atom stereocenters. The van der Waals surface area contributed by atoms with Crippen molar-refractivity contribution in [1.29, 1.82) is 0 Å². The fourth-order valence-electron chi connectivity index (χ4n) is 5.35. The van der Waals surface area contributed by atoms with E-state index in [1.807, 2.05) is 44.3 Å². The molecule has 0 spiro atoms. The highest BCUT2D eigenvalue weighted by atomic mass is 35.5. The Kier molecular flexibility index (Phi) is 11.9. The van der Waals surface area contributed by atoms with E-state index >= 15 is 0 Å². The van der Waals surface area contributed by atoms with E-state index < -0.39 is 0 Å². The Morgan fingerprint density at radius 3 is 2.64 bits per heavy atom. The molecule has 1 fully saturated rings. The minimum Gasteiger partial charge on any atom is -0.488 e. The number of morpholine rings is 1. The third kappa shape index (κ3) is 9.05.